The molecule has 0 saturated heterocycles. The molecule has 0 aromatic rings. The van der Waals surface area contributed by atoms with Gasteiger partial charge in [-0.3, -0.25) is 0 Å². The fraction of sp³-hybridized carbons (Fsp3) is 0.976. The fourth-order valence-corrected chi connectivity index (χ4v) is 11.9. The van der Waals surface area contributed by atoms with E-state index >= 15 is 0 Å². The molecule has 6 aliphatic rings. The van der Waals surface area contributed by atoms with Crippen molar-refractivity contribution in [2.75, 3.05) is 0 Å². The van der Waals surface area contributed by atoms with Gasteiger partial charge >= 0.3 is 0 Å². The monoisotopic (exact) mass is 741 g/mol. The van der Waals surface area contributed by atoms with Crippen molar-refractivity contribution >= 4 is 0 Å². The molecule has 6 rings (SSSR count). The van der Waals surface area contributed by atoms with Crippen molar-refractivity contribution in [3.63, 3.8) is 0 Å². The smallest absolute Gasteiger partial charge is 0 e. The third kappa shape index (κ3) is 11.7. The molecule has 6 saturated carbocycles. The standard InChI is InChI=1S/C41H71.2Y/c1-31-7-21-37(22-8-31)39-25-15-33(16-26-39)11-12-35-19-29-41(30-20-35)40-27-17-34(18-28-40)10-9-32-13-23-38(24-14-32)36-5-3-2-4-6-36;;/h2,31-41H,3-30H2,1H3;;/q-1;;. The largest absolute Gasteiger partial charge is 0.328 e. The van der Waals surface area contributed by atoms with Crippen LogP contribution in [0.25, 0.3) is 0 Å². The van der Waals surface area contributed by atoms with Gasteiger partial charge in [-0.2, -0.15) is 12.8 Å². The molecule has 0 spiro atoms. The maximum Gasteiger partial charge on any atom is 0 e. The summed E-state index contributed by atoms with van der Waals surface area (Å²) in [5, 5.41) is 0. The van der Waals surface area contributed by atoms with Gasteiger partial charge in [0.25, 0.3) is 0 Å². The molecule has 0 heterocycles. The topological polar surface area (TPSA) is 0 Å². The van der Waals surface area contributed by atoms with E-state index in [4.69, 9.17) is 0 Å². The molecule has 0 N–H and O–H groups in total. The molecule has 0 atom stereocenters. The first-order valence-corrected chi connectivity index (χ1v) is 20.0. The first-order chi connectivity index (χ1) is 20.2. The second kappa shape index (κ2) is 20.0. The van der Waals surface area contributed by atoms with Crippen LogP contribution in [0.3, 0.4) is 0 Å². The van der Waals surface area contributed by atoms with Crippen LogP contribution in [-0.2, 0) is 65.4 Å². The quantitative estimate of drug-likeness (QED) is 0.207. The van der Waals surface area contributed by atoms with Crippen LogP contribution >= 0.6 is 0 Å². The van der Waals surface area contributed by atoms with Crippen molar-refractivity contribution in [1.82, 2.24) is 0 Å². The van der Waals surface area contributed by atoms with Crippen molar-refractivity contribution in [2.24, 2.45) is 65.1 Å². The van der Waals surface area contributed by atoms with E-state index in [2.05, 4.69) is 13.3 Å². The predicted molar refractivity (Wildman–Crippen MR) is 178 cm³/mol. The van der Waals surface area contributed by atoms with Crippen molar-refractivity contribution in [1.29, 1.82) is 0 Å². The number of rotatable bonds is 9. The summed E-state index contributed by atoms with van der Waals surface area (Å²) in [5.74, 6) is 12.0. The Morgan fingerprint density at radius 1 is 0.326 bits per heavy atom. The van der Waals surface area contributed by atoms with Gasteiger partial charge in [-0.1, -0.05) is 110 Å². The second-order valence-corrected chi connectivity index (χ2v) is 17.5. The van der Waals surface area contributed by atoms with Gasteiger partial charge in [0.15, 0.2) is 0 Å². The van der Waals surface area contributed by atoms with E-state index in [0.717, 1.165) is 65.1 Å². The van der Waals surface area contributed by atoms with Crippen LogP contribution in [0.4, 0.5) is 0 Å². The Hall–Kier alpha value is 2.21. The molecule has 0 aromatic heterocycles. The van der Waals surface area contributed by atoms with E-state index in [0.29, 0.717) is 0 Å². The fourth-order valence-electron chi connectivity index (χ4n) is 11.9. The minimum Gasteiger partial charge on any atom is -0.328 e. The third-order valence-corrected chi connectivity index (χ3v) is 15.1. The summed E-state index contributed by atoms with van der Waals surface area (Å²) >= 11 is 0. The first kappa shape index (κ1) is 38.0. The average molecular weight is 742 g/mol. The molecule has 0 aliphatic heterocycles. The van der Waals surface area contributed by atoms with E-state index in [-0.39, 0.29) is 65.4 Å². The summed E-state index contributed by atoms with van der Waals surface area (Å²) in [7, 11) is 0. The van der Waals surface area contributed by atoms with E-state index in [1.807, 2.05) is 0 Å². The Labute approximate surface area is 320 Å². The summed E-state index contributed by atoms with van der Waals surface area (Å²) in [5.41, 5.74) is 0. The van der Waals surface area contributed by atoms with E-state index in [9.17, 15) is 0 Å². The van der Waals surface area contributed by atoms with Crippen LogP contribution in [-0.4, -0.2) is 0 Å². The SMILES string of the molecule is CC1CCC(C2CCC(CCC3CCC(C4CCC(CCC5CCC(C6CC[CH-]CC6)CC5)CC4)CC3)CC2)CC1.[Y].[Y]. The third-order valence-electron chi connectivity index (χ3n) is 15.1. The maximum atomic E-state index is 2.55. The zero-order chi connectivity index (χ0) is 27.9. The Morgan fingerprint density at radius 2 is 0.558 bits per heavy atom. The van der Waals surface area contributed by atoms with Gasteiger partial charge in [-0.15, -0.1) is 0 Å². The summed E-state index contributed by atoms with van der Waals surface area (Å²) < 4.78 is 0. The van der Waals surface area contributed by atoms with Gasteiger partial charge in [0.05, 0.1) is 0 Å². The average Bonchev–Trinajstić information content (AvgIpc) is 3.05. The van der Waals surface area contributed by atoms with Crippen LogP contribution in [0.5, 0.6) is 0 Å². The Balaban J connectivity index is 0.00000212. The van der Waals surface area contributed by atoms with Gasteiger partial charge in [0.1, 0.15) is 0 Å². The molecule has 0 unspecified atom stereocenters. The van der Waals surface area contributed by atoms with Gasteiger partial charge in [0, 0.05) is 65.4 Å². The normalized spacial score (nSPS) is 41.5. The van der Waals surface area contributed by atoms with Crippen molar-refractivity contribution < 1.29 is 65.4 Å². The number of hydrogen-bond donors (Lipinski definition) is 0. The van der Waals surface area contributed by atoms with Crippen LogP contribution in [0.1, 0.15) is 187 Å². The summed E-state index contributed by atoms with van der Waals surface area (Å²) in [6.07, 6.45) is 46.2. The Kier molecular flexibility index (Phi) is 17.7. The second-order valence-electron chi connectivity index (χ2n) is 17.5. The van der Waals surface area contributed by atoms with Gasteiger partial charge < -0.3 is 6.42 Å². The van der Waals surface area contributed by atoms with E-state index in [1.165, 1.54) is 38.5 Å². The van der Waals surface area contributed by atoms with Crippen LogP contribution in [0, 0.1) is 71.5 Å². The van der Waals surface area contributed by atoms with Crippen molar-refractivity contribution in [3.05, 3.63) is 6.42 Å². The molecular formula is C41H71Y2-. The van der Waals surface area contributed by atoms with Gasteiger partial charge in [-0.25, -0.2) is 0 Å². The molecule has 242 valence electrons. The summed E-state index contributed by atoms with van der Waals surface area (Å²) in [6.45, 7) is 2.48. The molecule has 0 bridgehead atoms. The predicted octanol–water partition coefficient (Wildman–Crippen LogP) is 13.0. The zero-order valence-corrected chi connectivity index (χ0v) is 34.6. The minimum atomic E-state index is 0. The molecule has 0 aromatic carbocycles. The molecule has 0 amide bonds. The summed E-state index contributed by atoms with van der Waals surface area (Å²) in [4.78, 5) is 0. The van der Waals surface area contributed by atoms with Crippen molar-refractivity contribution in [3.8, 4) is 0 Å². The Morgan fingerprint density at radius 3 is 0.837 bits per heavy atom. The van der Waals surface area contributed by atoms with Crippen molar-refractivity contribution in [2.45, 2.75) is 187 Å². The van der Waals surface area contributed by atoms with Crippen LogP contribution in [0.2, 0.25) is 0 Å². The maximum absolute atomic E-state index is 2.55. The molecular weight excluding hydrogens is 670 g/mol. The molecule has 6 fully saturated rings. The molecule has 6 aliphatic carbocycles. The van der Waals surface area contributed by atoms with Gasteiger partial charge in [0.2, 0.25) is 0 Å². The van der Waals surface area contributed by atoms with Crippen LogP contribution < -0.4 is 0 Å². The summed E-state index contributed by atoms with van der Waals surface area (Å²) in [6, 6.07) is 0. The number of hydrogen-bond acceptors (Lipinski definition) is 0. The molecule has 0 nitrogen and oxygen atoms in total. The Bertz CT molecular complexity index is 704. The molecule has 2 radical (unpaired) electrons. The zero-order valence-electron chi connectivity index (χ0n) is 28.9. The molecule has 43 heavy (non-hydrogen) atoms. The molecule has 2 heteroatoms. The first-order valence-electron chi connectivity index (χ1n) is 20.0. The minimum absolute atomic E-state index is 0. The van der Waals surface area contributed by atoms with E-state index < -0.39 is 0 Å². The van der Waals surface area contributed by atoms with Crippen LogP contribution in [0.15, 0.2) is 0 Å². The van der Waals surface area contributed by atoms with E-state index in [1.54, 1.807) is 141 Å². The van der Waals surface area contributed by atoms with Gasteiger partial charge in [-0.05, 0) is 129 Å².